The summed E-state index contributed by atoms with van der Waals surface area (Å²) in [5, 5.41) is 3.82. The number of benzene rings is 1. The molecule has 1 heterocycles. The molecule has 1 saturated heterocycles. The van der Waals surface area contributed by atoms with Gasteiger partial charge in [-0.1, -0.05) is 15.9 Å². The summed E-state index contributed by atoms with van der Waals surface area (Å²) in [6.45, 7) is -0.326. The highest BCUT2D eigenvalue weighted by Crippen LogP contribution is 2.37. The van der Waals surface area contributed by atoms with Crippen molar-refractivity contribution in [1.82, 2.24) is 0 Å². The van der Waals surface area contributed by atoms with Crippen molar-refractivity contribution in [3.63, 3.8) is 0 Å². The highest BCUT2D eigenvalue weighted by atomic mass is 79.9. The van der Waals surface area contributed by atoms with Crippen LogP contribution in [-0.4, -0.2) is 32.5 Å². The molecule has 0 radical (unpaired) electrons. The van der Waals surface area contributed by atoms with Gasteiger partial charge in [0.2, 0.25) is 15.9 Å². The van der Waals surface area contributed by atoms with E-state index in [-0.39, 0.29) is 18.7 Å². The van der Waals surface area contributed by atoms with Gasteiger partial charge in [0, 0.05) is 17.4 Å². The van der Waals surface area contributed by atoms with Gasteiger partial charge in [-0.25, -0.2) is 13.6 Å². The minimum absolute atomic E-state index is 0.170. The van der Waals surface area contributed by atoms with E-state index >= 15 is 0 Å². The molecule has 1 aliphatic heterocycles. The Morgan fingerprint density at radius 2 is 2.00 bits per heavy atom. The van der Waals surface area contributed by atoms with E-state index in [9.17, 15) is 26.4 Å². The fourth-order valence-electron chi connectivity index (χ4n) is 2.05. The van der Waals surface area contributed by atoms with Gasteiger partial charge in [-0.2, -0.15) is 0 Å². The number of nitrogens with two attached hydrogens (primary N) is 1. The van der Waals surface area contributed by atoms with Crippen molar-refractivity contribution < 1.29 is 31.1 Å². The van der Waals surface area contributed by atoms with Crippen LogP contribution >= 0.6 is 15.9 Å². The van der Waals surface area contributed by atoms with Gasteiger partial charge < -0.3 is 9.64 Å². The van der Waals surface area contributed by atoms with E-state index in [4.69, 9.17) is 5.14 Å². The van der Waals surface area contributed by atoms with Gasteiger partial charge in [0.25, 0.3) is 0 Å². The third-order valence-electron chi connectivity index (χ3n) is 2.99. The van der Waals surface area contributed by atoms with Gasteiger partial charge >= 0.3 is 6.36 Å². The highest BCUT2D eigenvalue weighted by Gasteiger charge is 2.40. The monoisotopic (exact) mass is 402 g/mol. The number of hydrogen-bond acceptors (Lipinski definition) is 4. The normalized spacial score (nSPS) is 19.6. The molecule has 1 aromatic rings. The molecule has 11 heteroatoms. The second kappa shape index (κ2) is 5.70. The number of carbonyl (C=O) groups excluding carboxylic acids is 1. The zero-order chi connectivity index (χ0) is 16.7. The first-order valence-corrected chi connectivity index (χ1v) is 8.25. The minimum Gasteiger partial charge on any atom is -0.404 e. The van der Waals surface area contributed by atoms with E-state index in [2.05, 4.69) is 20.7 Å². The second-order valence-corrected chi connectivity index (χ2v) is 7.34. The van der Waals surface area contributed by atoms with Gasteiger partial charge in [0.05, 0.1) is 5.69 Å². The maximum Gasteiger partial charge on any atom is 0.573 e. The van der Waals surface area contributed by atoms with Crippen LogP contribution < -0.4 is 14.8 Å². The molecule has 0 bridgehead atoms. The zero-order valence-electron chi connectivity index (χ0n) is 10.8. The number of ether oxygens (including phenoxy) is 1. The average molecular weight is 403 g/mol. The third-order valence-corrected chi connectivity index (χ3v) is 4.73. The Balaban J connectivity index is 2.39. The van der Waals surface area contributed by atoms with Crippen LogP contribution in [0.1, 0.15) is 6.42 Å². The topological polar surface area (TPSA) is 89.7 Å². The molecule has 6 nitrogen and oxygen atoms in total. The summed E-state index contributed by atoms with van der Waals surface area (Å²) in [7, 11) is -3.97. The number of alkyl halides is 3. The lowest BCUT2D eigenvalue weighted by Crippen LogP contribution is -2.32. The van der Waals surface area contributed by atoms with Gasteiger partial charge in [-0.3, -0.25) is 4.79 Å². The zero-order valence-corrected chi connectivity index (χ0v) is 13.2. The number of primary sulfonamides is 1. The summed E-state index contributed by atoms with van der Waals surface area (Å²) >= 11 is 3.00. The van der Waals surface area contributed by atoms with E-state index in [1.54, 1.807) is 0 Å². The number of anilines is 1. The van der Waals surface area contributed by atoms with E-state index in [0.717, 1.165) is 11.0 Å². The van der Waals surface area contributed by atoms with Gasteiger partial charge in [-0.15, -0.1) is 13.2 Å². The predicted molar refractivity (Wildman–Crippen MR) is 74.7 cm³/mol. The molecule has 2 rings (SSSR count). The first-order chi connectivity index (χ1) is 9.97. The van der Waals surface area contributed by atoms with E-state index in [1.807, 2.05) is 0 Å². The van der Waals surface area contributed by atoms with Crippen LogP contribution in [0.4, 0.5) is 18.9 Å². The van der Waals surface area contributed by atoms with Crippen molar-refractivity contribution >= 4 is 37.5 Å². The average Bonchev–Trinajstić information content (AvgIpc) is 2.69. The fourth-order valence-corrected chi connectivity index (χ4v) is 3.12. The van der Waals surface area contributed by atoms with E-state index in [1.165, 1.54) is 12.1 Å². The van der Waals surface area contributed by atoms with Crippen molar-refractivity contribution in [3.05, 3.63) is 22.7 Å². The molecule has 0 spiro atoms. The lowest BCUT2D eigenvalue weighted by molar-refractivity contribution is -0.274. The Morgan fingerprint density at radius 1 is 1.36 bits per heavy atom. The Morgan fingerprint density at radius 3 is 2.50 bits per heavy atom. The van der Waals surface area contributed by atoms with Crippen molar-refractivity contribution in [2.24, 2.45) is 5.14 Å². The van der Waals surface area contributed by atoms with E-state index in [0.29, 0.717) is 4.47 Å². The van der Waals surface area contributed by atoms with Crippen LogP contribution in [0.25, 0.3) is 0 Å². The van der Waals surface area contributed by atoms with Gasteiger partial charge in [-0.05, 0) is 18.2 Å². The smallest absolute Gasteiger partial charge is 0.404 e. The van der Waals surface area contributed by atoms with Gasteiger partial charge in [0.15, 0.2) is 5.75 Å². The summed E-state index contributed by atoms with van der Waals surface area (Å²) in [5.74, 6) is -1.25. The number of nitrogens with zero attached hydrogens (tertiary/aromatic N) is 1. The van der Waals surface area contributed by atoms with Crippen LogP contribution in [0.2, 0.25) is 0 Å². The molecular weight excluding hydrogens is 393 g/mol. The summed E-state index contributed by atoms with van der Waals surface area (Å²) < 4.78 is 64.1. The summed E-state index contributed by atoms with van der Waals surface area (Å²) in [6.07, 6.45) is -5.34. The Labute approximate surface area is 132 Å². The second-order valence-electron chi connectivity index (χ2n) is 4.58. The van der Waals surface area contributed by atoms with Crippen LogP contribution in [-0.2, 0) is 14.8 Å². The number of amides is 1. The Bertz CT molecular complexity index is 708. The number of rotatable bonds is 3. The Kier molecular flexibility index (Phi) is 4.42. The largest absolute Gasteiger partial charge is 0.573 e. The molecule has 122 valence electrons. The molecule has 1 fully saturated rings. The minimum atomic E-state index is -4.95. The number of halogens is 4. The molecule has 1 amide bonds. The van der Waals surface area contributed by atoms with Crippen LogP contribution in [0.5, 0.6) is 5.75 Å². The summed E-state index contributed by atoms with van der Waals surface area (Å²) in [5.41, 5.74) is -0.170. The fraction of sp³-hybridized carbons (Fsp3) is 0.364. The molecule has 0 saturated carbocycles. The van der Waals surface area contributed by atoms with Gasteiger partial charge in [0.1, 0.15) is 5.25 Å². The SMILES string of the molecule is NS(=O)(=O)C1CC(=O)N(c2ccc(Br)cc2OC(F)(F)F)C1. The highest BCUT2D eigenvalue weighted by molar-refractivity contribution is 9.10. The van der Waals surface area contributed by atoms with Crippen LogP contribution in [0, 0.1) is 0 Å². The first kappa shape index (κ1) is 17.0. The molecule has 1 aromatic carbocycles. The van der Waals surface area contributed by atoms with Crippen molar-refractivity contribution in [2.45, 2.75) is 18.0 Å². The molecule has 0 aliphatic carbocycles. The lowest BCUT2D eigenvalue weighted by atomic mass is 10.2. The molecule has 22 heavy (non-hydrogen) atoms. The number of sulfonamides is 1. The van der Waals surface area contributed by atoms with Crippen molar-refractivity contribution in [3.8, 4) is 5.75 Å². The van der Waals surface area contributed by atoms with Crippen LogP contribution in [0.15, 0.2) is 22.7 Å². The maximum absolute atomic E-state index is 12.4. The van der Waals surface area contributed by atoms with Crippen LogP contribution in [0.3, 0.4) is 0 Å². The molecule has 1 atom stereocenters. The summed E-state index contributed by atoms with van der Waals surface area (Å²) in [4.78, 5) is 12.8. The molecular formula is C11H10BrF3N2O4S. The standard InChI is InChI=1S/C11H10BrF3N2O4S/c12-6-1-2-8(9(3-6)21-11(13,14)15)17-5-7(4-10(17)18)22(16,19)20/h1-3,7H,4-5H2,(H2,16,19,20). The predicted octanol–water partition coefficient (Wildman–Crippen LogP) is 1.74. The molecule has 0 aromatic heterocycles. The molecule has 1 aliphatic rings. The molecule has 1 unspecified atom stereocenters. The number of hydrogen-bond donors (Lipinski definition) is 1. The quantitative estimate of drug-likeness (QED) is 0.833. The lowest BCUT2D eigenvalue weighted by Gasteiger charge is -2.21. The third kappa shape index (κ3) is 3.90. The molecule has 2 N–H and O–H groups in total. The maximum atomic E-state index is 12.4. The Hall–Kier alpha value is -1.33. The van der Waals surface area contributed by atoms with Crippen molar-refractivity contribution in [1.29, 1.82) is 0 Å². The van der Waals surface area contributed by atoms with Crippen molar-refractivity contribution in [2.75, 3.05) is 11.4 Å². The van der Waals surface area contributed by atoms with E-state index < -0.39 is 33.3 Å². The number of carbonyl (C=O) groups is 1. The summed E-state index contributed by atoms with van der Waals surface area (Å²) in [6, 6.07) is 3.69. The first-order valence-electron chi connectivity index (χ1n) is 5.84.